The summed E-state index contributed by atoms with van der Waals surface area (Å²) in [7, 11) is 1.85. The number of amides is 3. The van der Waals surface area contributed by atoms with Crippen molar-refractivity contribution >= 4 is 69.1 Å². The monoisotopic (exact) mass is 719 g/mol. The number of aromatic nitrogens is 4. The van der Waals surface area contributed by atoms with E-state index < -0.39 is 24.0 Å². The van der Waals surface area contributed by atoms with Gasteiger partial charge in [0, 0.05) is 55.4 Å². The lowest BCUT2D eigenvalue weighted by molar-refractivity contribution is -0.307. The molecule has 2 fully saturated rings. The summed E-state index contributed by atoms with van der Waals surface area (Å²) in [5, 5.41) is 44.8. The summed E-state index contributed by atoms with van der Waals surface area (Å²) in [6, 6.07) is 10.8. The Morgan fingerprint density at radius 3 is 2.55 bits per heavy atom. The highest BCUT2D eigenvalue weighted by atomic mass is 35.5. The molecule has 2 saturated heterocycles. The highest BCUT2D eigenvalue weighted by Gasteiger charge is 2.44. The molecule has 0 aliphatic carbocycles. The quantitative estimate of drug-likeness (QED) is 0.109. The molecule has 5 heterocycles. The number of ether oxygens (including phenoxy) is 1. The molecule has 7 rings (SSSR count). The van der Waals surface area contributed by atoms with Crippen molar-refractivity contribution in [3.05, 3.63) is 53.3 Å². The molecule has 2 atom stereocenters. The Balaban J connectivity index is 1.01. The van der Waals surface area contributed by atoms with E-state index in [0.717, 1.165) is 29.4 Å². The van der Waals surface area contributed by atoms with Gasteiger partial charge < -0.3 is 35.6 Å². The van der Waals surface area contributed by atoms with Crippen molar-refractivity contribution in [3.8, 4) is 5.75 Å². The molecule has 268 valence electrons. The number of aliphatic hydroxyl groups is 3. The van der Waals surface area contributed by atoms with Gasteiger partial charge in [0.05, 0.1) is 29.0 Å². The van der Waals surface area contributed by atoms with E-state index in [4.69, 9.17) is 16.3 Å². The molecule has 0 saturated carbocycles. The van der Waals surface area contributed by atoms with Crippen molar-refractivity contribution in [2.75, 3.05) is 33.5 Å². The number of rotatable bonds is 9. The van der Waals surface area contributed by atoms with E-state index in [1.807, 2.05) is 32.2 Å². The van der Waals surface area contributed by atoms with Gasteiger partial charge in [0.1, 0.15) is 10.8 Å². The number of hydrogen-bond donors (Lipinski definition) is 6. The van der Waals surface area contributed by atoms with Crippen LogP contribution in [0.4, 0.5) is 28.8 Å². The Labute approximate surface area is 297 Å². The highest BCUT2D eigenvalue weighted by molar-refractivity contribution is 6.33. The molecule has 51 heavy (non-hydrogen) atoms. The minimum atomic E-state index is -3.40. The smallest absolute Gasteiger partial charge is 0.376 e. The van der Waals surface area contributed by atoms with E-state index in [1.165, 1.54) is 12.3 Å². The van der Waals surface area contributed by atoms with Crippen LogP contribution in [0.15, 0.2) is 42.6 Å². The van der Waals surface area contributed by atoms with E-state index in [0.29, 0.717) is 66.8 Å². The van der Waals surface area contributed by atoms with Gasteiger partial charge in [-0.05, 0) is 56.0 Å². The summed E-state index contributed by atoms with van der Waals surface area (Å²) in [6.45, 7) is 3.23. The number of imide groups is 1. The third-order valence-corrected chi connectivity index (χ3v) is 9.69. The number of aryl methyl sites for hydroxylation is 1. The van der Waals surface area contributed by atoms with Crippen LogP contribution < -0.4 is 30.5 Å². The lowest BCUT2D eigenvalue weighted by Gasteiger charge is -2.38. The number of fused-ring (bicyclic) bond motifs is 2. The van der Waals surface area contributed by atoms with Crippen LogP contribution in [-0.4, -0.2) is 84.1 Å². The SMILES string of the molecule is CCCC1Oc2cc(Nc3nc(N4CCC(Nc5ccc6c(C7CCC(=O)NC7=O)nn(C)c6c5)CC4)ncc3Cl)ccc2N(C(O)(O)O)C1=O. The predicted molar refractivity (Wildman–Crippen MR) is 188 cm³/mol. The molecule has 16 nitrogen and oxygen atoms in total. The van der Waals surface area contributed by atoms with Crippen LogP contribution in [0.3, 0.4) is 0 Å². The third-order valence-electron chi connectivity index (χ3n) is 9.41. The average molecular weight is 720 g/mol. The van der Waals surface area contributed by atoms with Crippen LogP contribution >= 0.6 is 11.6 Å². The molecule has 3 amide bonds. The molecule has 2 unspecified atom stereocenters. The number of hydrogen-bond acceptors (Lipinski definition) is 13. The Hall–Kier alpha value is -5.03. The Bertz CT molecular complexity index is 2010. The minimum absolute atomic E-state index is 0.00595. The topological polar surface area (TPSA) is 207 Å². The largest absolute Gasteiger partial charge is 0.478 e. The number of nitrogens with one attached hydrogen (secondary N) is 3. The number of carbonyl (C=O) groups excluding carboxylic acids is 3. The van der Waals surface area contributed by atoms with Crippen molar-refractivity contribution in [2.45, 2.75) is 69.6 Å². The molecule has 0 radical (unpaired) electrons. The van der Waals surface area contributed by atoms with Crippen molar-refractivity contribution in [1.82, 2.24) is 25.1 Å². The summed E-state index contributed by atoms with van der Waals surface area (Å²) >= 11 is 6.48. The van der Waals surface area contributed by atoms with Gasteiger partial charge in [-0.25, -0.2) is 9.88 Å². The fraction of sp³-hybridized carbons (Fsp3) is 0.412. The van der Waals surface area contributed by atoms with Gasteiger partial charge in [-0.3, -0.25) is 24.4 Å². The van der Waals surface area contributed by atoms with E-state index >= 15 is 0 Å². The van der Waals surface area contributed by atoms with Gasteiger partial charge in [0.2, 0.25) is 17.8 Å². The van der Waals surface area contributed by atoms with Gasteiger partial charge >= 0.3 is 6.10 Å². The number of nitrogens with zero attached hydrogens (tertiary/aromatic N) is 6. The first-order valence-electron chi connectivity index (χ1n) is 16.8. The summed E-state index contributed by atoms with van der Waals surface area (Å²) in [4.78, 5) is 48.7. The first-order chi connectivity index (χ1) is 24.4. The zero-order valence-corrected chi connectivity index (χ0v) is 28.7. The fourth-order valence-corrected chi connectivity index (χ4v) is 7.01. The Morgan fingerprint density at radius 1 is 1.06 bits per heavy atom. The maximum Gasteiger partial charge on any atom is 0.376 e. The van der Waals surface area contributed by atoms with Crippen LogP contribution in [0.2, 0.25) is 5.02 Å². The average Bonchev–Trinajstić information content (AvgIpc) is 3.41. The van der Waals surface area contributed by atoms with E-state index in [-0.39, 0.29) is 34.3 Å². The molecule has 3 aliphatic heterocycles. The maximum atomic E-state index is 12.8. The van der Waals surface area contributed by atoms with E-state index in [1.54, 1.807) is 16.8 Å². The second kappa shape index (κ2) is 13.6. The molecule has 4 aromatic rings. The number of piperidine rings is 2. The molecular weight excluding hydrogens is 682 g/mol. The van der Waals surface area contributed by atoms with Crippen molar-refractivity contribution < 1.29 is 34.4 Å². The molecule has 2 aromatic carbocycles. The van der Waals surface area contributed by atoms with Crippen LogP contribution in [0.25, 0.3) is 10.9 Å². The van der Waals surface area contributed by atoms with Gasteiger partial charge in [-0.1, -0.05) is 24.9 Å². The highest BCUT2D eigenvalue weighted by Crippen LogP contribution is 2.40. The Kier molecular flexibility index (Phi) is 9.18. The molecule has 0 bridgehead atoms. The van der Waals surface area contributed by atoms with Crippen LogP contribution in [-0.2, 0) is 21.4 Å². The van der Waals surface area contributed by atoms with Gasteiger partial charge in [0.25, 0.3) is 5.91 Å². The zero-order chi connectivity index (χ0) is 36.0. The number of carbonyl (C=O) groups is 3. The number of anilines is 5. The van der Waals surface area contributed by atoms with E-state index in [2.05, 4.69) is 35.9 Å². The number of halogens is 1. The molecule has 17 heteroatoms. The van der Waals surface area contributed by atoms with Crippen LogP contribution in [0.5, 0.6) is 5.75 Å². The number of benzene rings is 2. The van der Waals surface area contributed by atoms with Crippen LogP contribution in [0.1, 0.15) is 57.1 Å². The van der Waals surface area contributed by atoms with Crippen LogP contribution in [0, 0.1) is 0 Å². The molecule has 0 spiro atoms. The van der Waals surface area contributed by atoms with Gasteiger partial charge in [0.15, 0.2) is 11.9 Å². The summed E-state index contributed by atoms with van der Waals surface area (Å²) in [6.07, 6.45) is 0.383. The lowest BCUT2D eigenvalue weighted by Crippen LogP contribution is -2.58. The second-order valence-electron chi connectivity index (χ2n) is 13.0. The fourth-order valence-electron chi connectivity index (χ4n) is 6.87. The molecular formula is C34H38ClN9O7. The third kappa shape index (κ3) is 6.87. The zero-order valence-electron chi connectivity index (χ0n) is 28.0. The molecule has 3 aliphatic rings. The van der Waals surface area contributed by atoms with Gasteiger partial charge in [-0.15, -0.1) is 0 Å². The lowest BCUT2D eigenvalue weighted by atomic mass is 9.93. The Morgan fingerprint density at radius 2 is 1.82 bits per heavy atom. The van der Waals surface area contributed by atoms with Gasteiger partial charge in [-0.2, -0.15) is 10.1 Å². The van der Waals surface area contributed by atoms with Crippen molar-refractivity contribution in [1.29, 1.82) is 0 Å². The predicted octanol–water partition coefficient (Wildman–Crippen LogP) is 2.84. The minimum Gasteiger partial charge on any atom is -0.478 e. The summed E-state index contributed by atoms with van der Waals surface area (Å²) < 4.78 is 7.65. The maximum absolute atomic E-state index is 12.8. The first kappa shape index (κ1) is 34.4. The standard InChI is InChI=1S/C34H38ClN9O7/c1-3-4-26-32(47)44(34(48,49)50)24-9-6-20(16-27(24)51-26)38-30-23(35)17-36-33(40-30)43-13-11-18(12-14-43)37-19-5-7-21-25(15-19)42(2)41-29(21)22-8-10-28(45)39-31(22)46/h5-7,9,15-18,22,26,37,48-50H,3-4,8,10-14H2,1-2H3,(H,36,38,40)(H,39,45,46). The summed E-state index contributed by atoms with van der Waals surface area (Å²) in [5.74, 6) is -0.780. The second-order valence-corrected chi connectivity index (χ2v) is 13.4. The first-order valence-corrected chi connectivity index (χ1v) is 17.2. The molecule has 2 aromatic heterocycles. The summed E-state index contributed by atoms with van der Waals surface area (Å²) in [5.41, 5.74) is 3.01. The van der Waals surface area contributed by atoms with E-state index in [9.17, 15) is 29.7 Å². The molecule has 6 N–H and O–H groups in total. The van der Waals surface area contributed by atoms with Crippen molar-refractivity contribution in [2.24, 2.45) is 7.05 Å². The van der Waals surface area contributed by atoms with Crippen molar-refractivity contribution in [3.63, 3.8) is 0 Å². The normalized spacial score (nSPS) is 19.9.